The van der Waals surface area contributed by atoms with Crippen LogP contribution in [-0.4, -0.2) is 18.7 Å². The third-order valence-corrected chi connectivity index (χ3v) is 5.03. The molecule has 0 radical (unpaired) electrons. The first-order valence-electron chi connectivity index (χ1n) is 5.46. The number of aromatic nitrogens is 4. The van der Waals surface area contributed by atoms with Crippen LogP contribution < -0.4 is 5.73 Å². The van der Waals surface area contributed by atoms with E-state index < -0.39 is 0 Å². The molecule has 0 aliphatic heterocycles. The van der Waals surface area contributed by atoms with Crippen LogP contribution >= 0.6 is 34.6 Å². The Morgan fingerprint density at radius 3 is 3.06 bits per heavy atom. The van der Waals surface area contributed by atoms with Crippen LogP contribution in [0.15, 0.2) is 20.9 Å². The van der Waals surface area contributed by atoms with Gasteiger partial charge in [0.1, 0.15) is 10.9 Å². The molecule has 5 nitrogen and oxygen atoms in total. The van der Waals surface area contributed by atoms with Gasteiger partial charge in [0.15, 0.2) is 9.30 Å². The summed E-state index contributed by atoms with van der Waals surface area (Å²) in [6, 6.07) is 0. The lowest BCUT2D eigenvalue weighted by Crippen LogP contribution is -2.00. The number of thiazole rings is 1. The molecule has 18 heavy (non-hydrogen) atoms. The Morgan fingerprint density at radius 2 is 2.33 bits per heavy atom. The highest BCUT2D eigenvalue weighted by molar-refractivity contribution is 8.00. The van der Waals surface area contributed by atoms with E-state index in [1.165, 1.54) is 11.5 Å². The van der Waals surface area contributed by atoms with Crippen LogP contribution in [0.25, 0.3) is 4.96 Å². The molecule has 0 unspecified atom stereocenters. The molecule has 3 aromatic rings. The van der Waals surface area contributed by atoms with Crippen molar-refractivity contribution in [2.24, 2.45) is 5.73 Å². The van der Waals surface area contributed by atoms with Crippen molar-refractivity contribution in [2.45, 2.75) is 29.3 Å². The highest BCUT2D eigenvalue weighted by Crippen LogP contribution is 2.32. The molecule has 3 aromatic heterocycles. The highest BCUT2D eigenvalue weighted by atomic mass is 32.2. The summed E-state index contributed by atoms with van der Waals surface area (Å²) < 4.78 is 7.23. The summed E-state index contributed by atoms with van der Waals surface area (Å²) >= 11 is 4.57. The second-order valence-corrected chi connectivity index (χ2v) is 6.42. The van der Waals surface area contributed by atoms with Crippen molar-refractivity contribution in [3.8, 4) is 0 Å². The Morgan fingerprint density at radius 1 is 1.44 bits per heavy atom. The first-order chi connectivity index (χ1) is 8.81. The van der Waals surface area contributed by atoms with Gasteiger partial charge >= 0.3 is 0 Å². The van der Waals surface area contributed by atoms with Crippen LogP contribution in [0.4, 0.5) is 0 Å². The molecule has 0 aliphatic carbocycles. The molecule has 0 spiro atoms. The summed E-state index contributed by atoms with van der Waals surface area (Å²) in [4.78, 5) is 9.99. The van der Waals surface area contributed by atoms with Crippen molar-refractivity contribution in [3.63, 3.8) is 0 Å². The lowest BCUT2D eigenvalue weighted by molar-refractivity contribution is 0.922. The SMILES string of the molecule is CCc1nsc(Sc2nc3sccn3c2CN)n1. The molecule has 8 heteroatoms. The predicted octanol–water partition coefficient (Wildman–Crippen LogP) is 2.42. The Kier molecular flexibility index (Phi) is 3.33. The molecule has 0 fully saturated rings. The molecule has 0 saturated heterocycles. The van der Waals surface area contributed by atoms with Crippen molar-refractivity contribution in [3.05, 3.63) is 23.1 Å². The van der Waals surface area contributed by atoms with Crippen LogP contribution in [0, 0.1) is 0 Å². The van der Waals surface area contributed by atoms with E-state index in [9.17, 15) is 0 Å². The maximum absolute atomic E-state index is 5.80. The number of imidazole rings is 1. The number of nitrogens with two attached hydrogens (primary N) is 1. The second-order valence-electron chi connectivity index (χ2n) is 3.56. The summed E-state index contributed by atoms with van der Waals surface area (Å²) in [5, 5.41) is 2.94. The molecule has 0 saturated carbocycles. The quantitative estimate of drug-likeness (QED) is 0.801. The largest absolute Gasteiger partial charge is 0.325 e. The molecule has 3 heterocycles. The van der Waals surface area contributed by atoms with Gasteiger partial charge in [-0.3, -0.25) is 4.40 Å². The number of nitrogens with zero attached hydrogens (tertiary/aromatic N) is 4. The number of rotatable bonds is 4. The van der Waals surface area contributed by atoms with Gasteiger partial charge in [0.25, 0.3) is 0 Å². The average molecular weight is 297 g/mol. The zero-order valence-corrected chi connectivity index (χ0v) is 12.1. The second kappa shape index (κ2) is 4.96. The minimum Gasteiger partial charge on any atom is -0.325 e. The van der Waals surface area contributed by atoms with Crippen molar-refractivity contribution in [1.29, 1.82) is 0 Å². The average Bonchev–Trinajstić information content (AvgIpc) is 3.04. The lowest BCUT2D eigenvalue weighted by Gasteiger charge is -1.97. The van der Waals surface area contributed by atoms with Crippen molar-refractivity contribution in [1.82, 2.24) is 18.7 Å². The molecular formula is C10H11N5S3. The van der Waals surface area contributed by atoms with E-state index in [1.54, 1.807) is 23.1 Å². The third kappa shape index (κ3) is 2.05. The van der Waals surface area contributed by atoms with Gasteiger partial charge in [-0.15, -0.1) is 11.3 Å². The van der Waals surface area contributed by atoms with E-state index in [1.807, 2.05) is 16.0 Å². The number of hydrogen-bond donors (Lipinski definition) is 1. The minimum absolute atomic E-state index is 0.472. The van der Waals surface area contributed by atoms with Gasteiger partial charge in [-0.2, -0.15) is 4.37 Å². The van der Waals surface area contributed by atoms with Crippen LogP contribution in [0.3, 0.4) is 0 Å². The van der Waals surface area contributed by atoms with Crippen molar-refractivity contribution in [2.75, 3.05) is 0 Å². The van der Waals surface area contributed by atoms with E-state index in [-0.39, 0.29) is 0 Å². The van der Waals surface area contributed by atoms with Gasteiger partial charge in [-0.05, 0) is 23.3 Å². The zero-order valence-electron chi connectivity index (χ0n) is 9.66. The molecule has 0 amide bonds. The van der Waals surface area contributed by atoms with Gasteiger partial charge in [-0.1, -0.05) is 6.92 Å². The van der Waals surface area contributed by atoms with Crippen LogP contribution in [0.2, 0.25) is 0 Å². The molecule has 0 aromatic carbocycles. The van der Waals surface area contributed by atoms with Gasteiger partial charge < -0.3 is 5.73 Å². The maximum Gasteiger partial charge on any atom is 0.194 e. The normalized spacial score (nSPS) is 11.4. The van der Waals surface area contributed by atoms with Gasteiger partial charge in [-0.25, -0.2) is 9.97 Å². The van der Waals surface area contributed by atoms with E-state index in [4.69, 9.17) is 5.73 Å². The molecular weight excluding hydrogens is 286 g/mol. The van der Waals surface area contributed by atoms with Gasteiger partial charge in [0.2, 0.25) is 0 Å². The first-order valence-corrected chi connectivity index (χ1v) is 7.93. The fourth-order valence-electron chi connectivity index (χ4n) is 1.59. The van der Waals surface area contributed by atoms with Crippen molar-refractivity contribution < 1.29 is 0 Å². The Labute approximate surface area is 116 Å². The van der Waals surface area contributed by atoms with E-state index in [2.05, 4.69) is 21.3 Å². The summed E-state index contributed by atoms with van der Waals surface area (Å²) in [5.74, 6) is 0.887. The molecule has 2 N–H and O–H groups in total. The van der Waals surface area contributed by atoms with E-state index in [0.29, 0.717) is 6.54 Å². The number of aryl methyl sites for hydroxylation is 1. The van der Waals surface area contributed by atoms with Crippen LogP contribution in [0.5, 0.6) is 0 Å². The summed E-state index contributed by atoms with van der Waals surface area (Å²) in [7, 11) is 0. The lowest BCUT2D eigenvalue weighted by atomic mass is 10.5. The van der Waals surface area contributed by atoms with E-state index >= 15 is 0 Å². The Hall–Kier alpha value is -0.960. The summed E-state index contributed by atoms with van der Waals surface area (Å²) in [5.41, 5.74) is 6.84. The fraction of sp³-hybridized carbons (Fsp3) is 0.300. The Balaban J connectivity index is 1.96. The summed E-state index contributed by atoms with van der Waals surface area (Å²) in [6.45, 7) is 2.52. The van der Waals surface area contributed by atoms with Gasteiger partial charge in [0, 0.05) is 24.5 Å². The summed E-state index contributed by atoms with van der Waals surface area (Å²) in [6.07, 6.45) is 2.86. The molecule has 94 valence electrons. The van der Waals surface area contributed by atoms with Crippen LogP contribution in [-0.2, 0) is 13.0 Å². The van der Waals surface area contributed by atoms with E-state index in [0.717, 1.165) is 32.3 Å². The third-order valence-electron chi connectivity index (χ3n) is 2.47. The monoisotopic (exact) mass is 297 g/mol. The standard InChI is InChI=1S/C10H11N5S3/c1-2-7-12-10(18-14-7)17-8-6(5-11)15-3-4-16-9(15)13-8/h3-4H,2,5,11H2,1H3. The number of fused-ring (bicyclic) bond motifs is 1. The zero-order chi connectivity index (χ0) is 12.5. The molecule has 3 rings (SSSR count). The molecule has 0 bridgehead atoms. The smallest absolute Gasteiger partial charge is 0.194 e. The van der Waals surface area contributed by atoms with Crippen LogP contribution in [0.1, 0.15) is 18.4 Å². The molecule has 0 aliphatic rings. The fourth-order valence-corrected chi connectivity index (χ4v) is 4.12. The first kappa shape index (κ1) is 12.1. The topological polar surface area (TPSA) is 69.1 Å². The maximum atomic E-state index is 5.80. The van der Waals surface area contributed by atoms with Gasteiger partial charge in [0.05, 0.1) is 5.69 Å². The van der Waals surface area contributed by atoms with Crippen molar-refractivity contribution >= 4 is 39.6 Å². The Bertz CT molecular complexity index is 668. The highest BCUT2D eigenvalue weighted by Gasteiger charge is 2.15. The number of hydrogen-bond acceptors (Lipinski definition) is 7. The predicted molar refractivity (Wildman–Crippen MR) is 74.4 cm³/mol. The molecule has 0 atom stereocenters. The minimum atomic E-state index is 0.472.